The Labute approximate surface area is 208 Å². The summed E-state index contributed by atoms with van der Waals surface area (Å²) in [5, 5.41) is 2.90. The minimum absolute atomic E-state index is 0.0658. The molecule has 35 heavy (non-hydrogen) atoms. The third kappa shape index (κ3) is 7.61. The van der Waals surface area contributed by atoms with E-state index in [1.165, 1.54) is 12.0 Å². The van der Waals surface area contributed by atoms with Gasteiger partial charge in [-0.2, -0.15) is 0 Å². The summed E-state index contributed by atoms with van der Waals surface area (Å²) in [5.74, 6) is 0.136. The van der Waals surface area contributed by atoms with Crippen molar-refractivity contribution >= 4 is 27.5 Å². The van der Waals surface area contributed by atoms with Gasteiger partial charge in [-0.25, -0.2) is 8.42 Å². The maximum absolute atomic E-state index is 13.6. The van der Waals surface area contributed by atoms with Gasteiger partial charge in [0.1, 0.15) is 24.1 Å². The summed E-state index contributed by atoms with van der Waals surface area (Å²) in [5.41, 5.74) is 1.01. The Morgan fingerprint density at radius 1 is 1.00 bits per heavy atom. The first-order valence-electron chi connectivity index (χ1n) is 11.3. The number of nitrogens with zero attached hydrogens (tertiary/aromatic N) is 2. The molecule has 10 heteroatoms. The Balaban J connectivity index is 2.41. The smallest absolute Gasteiger partial charge is 0.244 e. The molecule has 0 aromatic heterocycles. The van der Waals surface area contributed by atoms with Crippen LogP contribution in [0.3, 0.4) is 0 Å². The molecule has 0 saturated heterocycles. The van der Waals surface area contributed by atoms with Gasteiger partial charge >= 0.3 is 0 Å². The molecule has 0 unspecified atom stereocenters. The monoisotopic (exact) mass is 505 g/mol. The van der Waals surface area contributed by atoms with E-state index >= 15 is 0 Å². The second kappa shape index (κ2) is 12.4. The number of benzene rings is 2. The van der Waals surface area contributed by atoms with E-state index in [4.69, 9.17) is 9.47 Å². The summed E-state index contributed by atoms with van der Waals surface area (Å²) in [6.45, 7) is 5.09. The molecule has 2 atom stereocenters. The Kier molecular flexibility index (Phi) is 9.94. The number of sulfonamides is 1. The molecule has 2 rings (SSSR count). The molecule has 2 amide bonds. The van der Waals surface area contributed by atoms with Gasteiger partial charge in [0.25, 0.3) is 0 Å². The maximum atomic E-state index is 13.6. The van der Waals surface area contributed by atoms with Crippen molar-refractivity contribution in [2.75, 3.05) is 31.3 Å². The number of nitrogens with one attached hydrogen (secondary N) is 1. The van der Waals surface area contributed by atoms with E-state index < -0.39 is 28.5 Å². The van der Waals surface area contributed by atoms with Crippen molar-refractivity contribution in [3.05, 3.63) is 54.1 Å². The van der Waals surface area contributed by atoms with Crippen LogP contribution >= 0.6 is 0 Å². The second-order valence-electron chi connectivity index (χ2n) is 8.31. The van der Waals surface area contributed by atoms with Crippen LogP contribution < -0.4 is 19.1 Å². The molecule has 0 radical (unpaired) electrons. The number of methoxy groups -OCH3 is 2. The van der Waals surface area contributed by atoms with E-state index in [1.807, 2.05) is 13.8 Å². The molecule has 0 aliphatic rings. The summed E-state index contributed by atoms with van der Waals surface area (Å²) < 4.78 is 36.9. The van der Waals surface area contributed by atoms with Crippen molar-refractivity contribution < 1.29 is 27.5 Å². The van der Waals surface area contributed by atoms with Gasteiger partial charge in [0, 0.05) is 12.6 Å². The number of rotatable bonds is 12. The molecule has 0 spiro atoms. The fraction of sp³-hybridized carbons (Fsp3) is 0.440. The first kappa shape index (κ1) is 28.0. The standard InChI is InChI=1S/C25H35N3O6S/c1-7-18(2)26-25(30)19(3)27(16-20-12-14-21(33-4)15-13-20)24(29)17-28(35(6,31)32)22-10-8-9-11-23(22)34-5/h8-15,18-19H,7,16-17H2,1-6H3,(H,26,30)/t18-,19+/m0/s1. The number of hydrogen-bond donors (Lipinski definition) is 1. The van der Waals surface area contributed by atoms with Crippen molar-refractivity contribution in [1.29, 1.82) is 0 Å². The highest BCUT2D eigenvalue weighted by molar-refractivity contribution is 7.92. The highest BCUT2D eigenvalue weighted by atomic mass is 32.2. The van der Waals surface area contributed by atoms with Crippen molar-refractivity contribution in [2.45, 2.75) is 45.8 Å². The van der Waals surface area contributed by atoms with Crippen LogP contribution in [0.5, 0.6) is 11.5 Å². The van der Waals surface area contributed by atoms with Gasteiger partial charge in [-0.1, -0.05) is 31.2 Å². The lowest BCUT2D eigenvalue weighted by atomic mass is 10.1. The number of amides is 2. The van der Waals surface area contributed by atoms with Gasteiger partial charge in [0.2, 0.25) is 21.8 Å². The molecule has 0 saturated carbocycles. The third-order valence-corrected chi connectivity index (χ3v) is 6.84. The highest BCUT2D eigenvalue weighted by Crippen LogP contribution is 2.29. The molecule has 0 fully saturated rings. The van der Waals surface area contributed by atoms with Gasteiger partial charge < -0.3 is 19.7 Å². The first-order chi connectivity index (χ1) is 16.5. The maximum Gasteiger partial charge on any atom is 0.244 e. The Morgan fingerprint density at radius 2 is 1.63 bits per heavy atom. The van der Waals surface area contributed by atoms with Gasteiger partial charge in [-0.05, 0) is 50.1 Å². The zero-order chi connectivity index (χ0) is 26.2. The average molecular weight is 506 g/mol. The van der Waals surface area contributed by atoms with Gasteiger partial charge in [0.15, 0.2) is 0 Å². The zero-order valence-corrected chi connectivity index (χ0v) is 22.0. The van der Waals surface area contributed by atoms with Crippen LogP contribution in [0.25, 0.3) is 0 Å². The number of carbonyl (C=O) groups excluding carboxylic acids is 2. The molecule has 9 nitrogen and oxygen atoms in total. The minimum atomic E-state index is -3.84. The third-order valence-electron chi connectivity index (χ3n) is 5.71. The van der Waals surface area contributed by atoms with E-state index in [2.05, 4.69) is 5.32 Å². The van der Waals surface area contributed by atoms with Crippen molar-refractivity contribution in [3.8, 4) is 11.5 Å². The van der Waals surface area contributed by atoms with Crippen LogP contribution in [0.1, 0.15) is 32.8 Å². The SMILES string of the molecule is CC[C@H](C)NC(=O)[C@@H](C)N(Cc1ccc(OC)cc1)C(=O)CN(c1ccccc1OC)S(C)(=O)=O. The number of carbonyl (C=O) groups is 2. The number of ether oxygens (including phenoxy) is 2. The number of para-hydroxylation sites is 2. The van der Waals surface area contributed by atoms with E-state index in [-0.39, 0.29) is 24.2 Å². The molecule has 2 aromatic rings. The van der Waals surface area contributed by atoms with E-state index in [0.29, 0.717) is 11.5 Å². The summed E-state index contributed by atoms with van der Waals surface area (Å²) in [6.07, 6.45) is 1.76. The topological polar surface area (TPSA) is 105 Å². The van der Waals surface area contributed by atoms with Crippen LogP contribution in [-0.4, -0.2) is 64.2 Å². The lowest BCUT2D eigenvalue weighted by Crippen LogP contribution is -2.52. The normalized spacial score (nSPS) is 12.9. The van der Waals surface area contributed by atoms with Crippen LogP contribution in [0.15, 0.2) is 48.5 Å². The van der Waals surface area contributed by atoms with Gasteiger partial charge in [-0.15, -0.1) is 0 Å². The molecule has 192 valence electrons. The lowest BCUT2D eigenvalue weighted by Gasteiger charge is -2.32. The second-order valence-corrected chi connectivity index (χ2v) is 10.2. The van der Waals surface area contributed by atoms with Crippen LogP contribution in [0.2, 0.25) is 0 Å². The number of hydrogen-bond acceptors (Lipinski definition) is 6. The van der Waals surface area contributed by atoms with Crippen LogP contribution in [0, 0.1) is 0 Å². The Bertz CT molecular complexity index is 1100. The minimum Gasteiger partial charge on any atom is -0.497 e. The quantitative estimate of drug-likeness (QED) is 0.476. The van der Waals surface area contributed by atoms with Gasteiger partial charge in [-0.3, -0.25) is 13.9 Å². The predicted octanol–water partition coefficient (Wildman–Crippen LogP) is 2.80. The zero-order valence-electron chi connectivity index (χ0n) is 21.1. The van der Waals surface area contributed by atoms with Crippen molar-refractivity contribution in [1.82, 2.24) is 10.2 Å². The van der Waals surface area contributed by atoms with Crippen molar-refractivity contribution in [3.63, 3.8) is 0 Å². The lowest BCUT2D eigenvalue weighted by molar-refractivity contribution is -0.139. The predicted molar refractivity (Wildman–Crippen MR) is 136 cm³/mol. The molecular formula is C25H35N3O6S. The van der Waals surface area contributed by atoms with E-state index in [9.17, 15) is 18.0 Å². The highest BCUT2D eigenvalue weighted by Gasteiger charge is 2.31. The largest absolute Gasteiger partial charge is 0.497 e. The molecule has 0 aliphatic heterocycles. The molecule has 0 heterocycles. The van der Waals surface area contributed by atoms with E-state index in [0.717, 1.165) is 22.5 Å². The molecule has 2 aromatic carbocycles. The Morgan fingerprint density at radius 3 is 2.17 bits per heavy atom. The summed E-state index contributed by atoms with van der Waals surface area (Å²) >= 11 is 0. The van der Waals surface area contributed by atoms with Crippen molar-refractivity contribution in [2.24, 2.45) is 0 Å². The number of anilines is 1. The summed E-state index contributed by atoms with van der Waals surface area (Å²) in [4.78, 5) is 27.9. The Hall–Kier alpha value is -3.27. The molecule has 0 aliphatic carbocycles. The molecular weight excluding hydrogens is 470 g/mol. The fourth-order valence-electron chi connectivity index (χ4n) is 3.41. The first-order valence-corrected chi connectivity index (χ1v) is 13.2. The molecule has 0 bridgehead atoms. The summed E-state index contributed by atoms with van der Waals surface area (Å²) in [7, 11) is -0.853. The average Bonchev–Trinajstić information content (AvgIpc) is 2.84. The van der Waals surface area contributed by atoms with E-state index in [1.54, 1.807) is 62.6 Å². The van der Waals surface area contributed by atoms with Crippen LogP contribution in [-0.2, 0) is 26.2 Å². The van der Waals surface area contributed by atoms with Crippen LogP contribution in [0.4, 0.5) is 5.69 Å². The summed E-state index contributed by atoms with van der Waals surface area (Å²) in [6, 6.07) is 12.8. The molecule has 1 N–H and O–H groups in total. The van der Waals surface area contributed by atoms with Gasteiger partial charge in [0.05, 0.1) is 26.2 Å². The fourth-order valence-corrected chi connectivity index (χ4v) is 4.26.